The maximum Gasteiger partial charge on any atom is 0.181 e. The van der Waals surface area contributed by atoms with Gasteiger partial charge in [0.1, 0.15) is 0 Å². The fourth-order valence-corrected chi connectivity index (χ4v) is 5.73. The van der Waals surface area contributed by atoms with Gasteiger partial charge in [-0.2, -0.15) is 0 Å². The standard InChI is InChI=1S/C15H18O2S/c1-11-10-15(14-9-5-8-13(11)14)18(16,17)12-6-3-2-4-7-12/h2-4,6-7,13-15H,1,5,8-10H2/t13-,14-,15-/m1/s1. The van der Waals surface area contributed by atoms with Gasteiger partial charge in [-0.3, -0.25) is 0 Å². The van der Waals surface area contributed by atoms with Crippen LogP contribution in [0.25, 0.3) is 0 Å². The molecule has 3 atom stereocenters. The lowest BCUT2D eigenvalue weighted by atomic mass is 9.98. The number of fused-ring (bicyclic) bond motifs is 1. The van der Waals surface area contributed by atoms with Crippen LogP contribution in [0.2, 0.25) is 0 Å². The molecule has 0 N–H and O–H groups in total. The zero-order valence-corrected chi connectivity index (χ0v) is 11.2. The highest BCUT2D eigenvalue weighted by Crippen LogP contribution is 2.50. The van der Waals surface area contributed by atoms with Gasteiger partial charge in [-0.1, -0.05) is 36.8 Å². The number of rotatable bonds is 2. The fourth-order valence-electron chi connectivity index (χ4n) is 3.63. The third-order valence-electron chi connectivity index (χ3n) is 4.51. The first kappa shape index (κ1) is 12.0. The highest BCUT2D eigenvalue weighted by molar-refractivity contribution is 7.92. The highest BCUT2D eigenvalue weighted by atomic mass is 32.2. The summed E-state index contributed by atoms with van der Waals surface area (Å²) in [5.41, 5.74) is 1.15. The fraction of sp³-hybridized carbons (Fsp3) is 0.467. The van der Waals surface area contributed by atoms with Crippen molar-refractivity contribution in [1.82, 2.24) is 0 Å². The molecule has 2 aliphatic rings. The minimum atomic E-state index is -3.19. The van der Waals surface area contributed by atoms with Crippen molar-refractivity contribution >= 4 is 9.84 Å². The van der Waals surface area contributed by atoms with Crippen LogP contribution >= 0.6 is 0 Å². The molecule has 18 heavy (non-hydrogen) atoms. The zero-order valence-electron chi connectivity index (χ0n) is 10.4. The Kier molecular flexibility index (Phi) is 2.81. The normalized spacial score (nSPS) is 31.6. The van der Waals surface area contributed by atoms with Gasteiger partial charge >= 0.3 is 0 Å². The zero-order chi connectivity index (χ0) is 12.8. The molecule has 0 bridgehead atoms. The SMILES string of the molecule is C=C1C[C@@H](S(=O)(=O)c2ccccc2)[C@@H]2CCC[C@H]12. The maximum atomic E-state index is 12.7. The molecule has 0 radical (unpaired) electrons. The van der Waals surface area contributed by atoms with E-state index in [9.17, 15) is 8.42 Å². The molecule has 0 aromatic heterocycles. The average Bonchev–Trinajstić information content (AvgIpc) is 2.95. The summed E-state index contributed by atoms with van der Waals surface area (Å²) in [7, 11) is -3.19. The number of hydrogen-bond acceptors (Lipinski definition) is 2. The number of benzene rings is 1. The van der Waals surface area contributed by atoms with Gasteiger partial charge in [0, 0.05) is 0 Å². The van der Waals surface area contributed by atoms with Gasteiger partial charge in [-0.05, 0) is 43.2 Å². The van der Waals surface area contributed by atoms with Crippen LogP contribution in [0.5, 0.6) is 0 Å². The second-order valence-electron chi connectivity index (χ2n) is 5.46. The lowest BCUT2D eigenvalue weighted by Crippen LogP contribution is -2.26. The van der Waals surface area contributed by atoms with Crippen molar-refractivity contribution in [2.75, 3.05) is 0 Å². The molecule has 2 saturated carbocycles. The van der Waals surface area contributed by atoms with Gasteiger partial charge in [0.25, 0.3) is 0 Å². The van der Waals surface area contributed by atoms with Gasteiger partial charge in [0.2, 0.25) is 0 Å². The summed E-state index contributed by atoms with van der Waals surface area (Å²) in [6.07, 6.45) is 3.98. The van der Waals surface area contributed by atoms with E-state index in [0.717, 1.165) is 24.8 Å². The molecule has 96 valence electrons. The Morgan fingerprint density at radius 1 is 1.11 bits per heavy atom. The molecule has 2 fully saturated rings. The molecule has 0 amide bonds. The first-order valence-corrected chi connectivity index (χ1v) is 8.12. The van der Waals surface area contributed by atoms with Gasteiger partial charge in [-0.15, -0.1) is 0 Å². The van der Waals surface area contributed by atoms with Crippen LogP contribution in [0.4, 0.5) is 0 Å². The van der Waals surface area contributed by atoms with Crippen LogP contribution in [0.15, 0.2) is 47.4 Å². The van der Waals surface area contributed by atoms with E-state index in [-0.39, 0.29) is 5.25 Å². The summed E-state index contributed by atoms with van der Waals surface area (Å²) in [5.74, 6) is 0.760. The average molecular weight is 262 g/mol. The summed E-state index contributed by atoms with van der Waals surface area (Å²) in [6.45, 7) is 4.09. The Hall–Kier alpha value is -1.09. The third kappa shape index (κ3) is 1.72. The molecule has 0 spiro atoms. The summed E-state index contributed by atoms with van der Waals surface area (Å²) >= 11 is 0. The Labute approximate surface area is 109 Å². The van der Waals surface area contributed by atoms with E-state index in [2.05, 4.69) is 6.58 Å². The molecular weight excluding hydrogens is 244 g/mol. The maximum absolute atomic E-state index is 12.7. The molecule has 0 aliphatic heterocycles. The predicted molar refractivity (Wildman–Crippen MR) is 72.0 cm³/mol. The van der Waals surface area contributed by atoms with Gasteiger partial charge in [0.15, 0.2) is 9.84 Å². The second-order valence-corrected chi connectivity index (χ2v) is 7.63. The lowest BCUT2D eigenvalue weighted by Gasteiger charge is -2.18. The van der Waals surface area contributed by atoms with E-state index in [4.69, 9.17) is 0 Å². The van der Waals surface area contributed by atoms with Crippen molar-refractivity contribution in [2.24, 2.45) is 11.8 Å². The van der Waals surface area contributed by atoms with Gasteiger partial charge < -0.3 is 0 Å². The van der Waals surface area contributed by atoms with Crippen LogP contribution in [0.1, 0.15) is 25.7 Å². The first-order chi connectivity index (χ1) is 8.60. The third-order valence-corrected chi connectivity index (χ3v) is 6.75. The largest absolute Gasteiger partial charge is 0.223 e. The summed E-state index contributed by atoms with van der Waals surface area (Å²) in [6, 6.07) is 8.86. The van der Waals surface area contributed by atoms with Crippen molar-refractivity contribution in [2.45, 2.75) is 35.8 Å². The van der Waals surface area contributed by atoms with Crippen LogP contribution in [-0.4, -0.2) is 13.7 Å². The summed E-state index contributed by atoms with van der Waals surface area (Å²) < 4.78 is 25.4. The van der Waals surface area contributed by atoms with Crippen molar-refractivity contribution in [3.8, 4) is 0 Å². The van der Waals surface area contributed by atoms with Crippen LogP contribution in [0, 0.1) is 11.8 Å². The van der Waals surface area contributed by atoms with Crippen LogP contribution < -0.4 is 0 Å². The Balaban J connectivity index is 1.98. The monoisotopic (exact) mass is 262 g/mol. The van der Waals surface area contributed by atoms with E-state index in [0.29, 0.717) is 23.2 Å². The minimum absolute atomic E-state index is 0.236. The molecule has 2 nitrogen and oxygen atoms in total. The molecule has 0 saturated heterocycles. The number of allylic oxidation sites excluding steroid dienone is 1. The van der Waals surface area contributed by atoms with E-state index >= 15 is 0 Å². The molecule has 0 unspecified atom stereocenters. The first-order valence-electron chi connectivity index (χ1n) is 6.57. The van der Waals surface area contributed by atoms with E-state index in [1.165, 1.54) is 0 Å². The molecular formula is C15H18O2S. The topological polar surface area (TPSA) is 34.1 Å². The van der Waals surface area contributed by atoms with Crippen molar-refractivity contribution < 1.29 is 8.42 Å². The Bertz CT molecular complexity index is 559. The highest BCUT2D eigenvalue weighted by Gasteiger charge is 2.47. The van der Waals surface area contributed by atoms with E-state index < -0.39 is 9.84 Å². The Morgan fingerprint density at radius 2 is 1.83 bits per heavy atom. The Morgan fingerprint density at radius 3 is 2.56 bits per heavy atom. The number of hydrogen-bond donors (Lipinski definition) is 0. The summed E-state index contributed by atoms with van der Waals surface area (Å²) in [5, 5.41) is -0.236. The molecule has 1 aromatic carbocycles. The van der Waals surface area contributed by atoms with Crippen LogP contribution in [-0.2, 0) is 9.84 Å². The summed E-state index contributed by atoms with van der Waals surface area (Å²) in [4.78, 5) is 0.468. The second kappa shape index (κ2) is 4.23. The molecule has 3 rings (SSSR count). The van der Waals surface area contributed by atoms with Gasteiger partial charge in [-0.25, -0.2) is 8.42 Å². The molecule has 3 heteroatoms. The quantitative estimate of drug-likeness (QED) is 0.767. The number of sulfone groups is 1. The van der Waals surface area contributed by atoms with Crippen LogP contribution in [0.3, 0.4) is 0 Å². The lowest BCUT2D eigenvalue weighted by molar-refractivity contribution is 0.476. The van der Waals surface area contributed by atoms with Gasteiger partial charge in [0.05, 0.1) is 10.1 Å². The molecule has 1 aromatic rings. The van der Waals surface area contributed by atoms with E-state index in [1.54, 1.807) is 24.3 Å². The van der Waals surface area contributed by atoms with Crippen molar-refractivity contribution in [3.05, 3.63) is 42.5 Å². The minimum Gasteiger partial charge on any atom is -0.223 e. The molecule has 0 heterocycles. The smallest absolute Gasteiger partial charge is 0.181 e. The van der Waals surface area contributed by atoms with E-state index in [1.807, 2.05) is 6.07 Å². The van der Waals surface area contributed by atoms with Crippen molar-refractivity contribution in [1.29, 1.82) is 0 Å². The predicted octanol–water partition coefficient (Wildman–Crippen LogP) is 3.21. The molecule has 2 aliphatic carbocycles. The van der Waals surface area contributed by atoms with Crippen molar-refractivity contribution in [3.63, 3.8) is 0 Å².